The van der Waals surface area contributed by atoms with Crippen molar-refractivity contribution in [3.63, 3.8) is 0 Å². The van der Waals surface area contributed by atoms with E-state index in [9.17, 15) is 9.59 Å². The van der Waals surface area contributed by atoms with E-state index in [2.05, 4.69) is 20.6 Å². The van der Waals surface area contributed by atoms with Crippen LogP contribution in [-0.4, -0.2) is 28.3 Å². The molecular formula is C29H28N6O2. The van der Waals surface area contributed by atoms with Crippen molar-refractivity contribution in [2.75, 3.05) is 27.8 Å². The molecule has 0 unspecified atom stereocenters. The lowest BCUT2D eigenvalue weighted by Gasteiger charge is -2.16. The summed E-state index contributed by atoms with van der Waals surface area (Å²) in [7, 11) is 0. The highest BCUT2D eigenvalue weighted by Crippen LogP contribution is 2.27. The molecule has 0 aliphatic carbocycles. The number of nitrogen functional groups attached to an aromatic ring is 1. The number of carbonyl (C=O) groups is 2. The number of anilines is 5. The molecule has 8 heteroatoms. The van der Waals surface area contributed by atoms with E-state index in [1.165, 1.54) is 0 Å². The first-order valence-electron chi connectivity index (χ1n) is 12.3. The number of pyridine rings is 2. The standard InChI is InChI=1S/C29H28N6O2/c30-23-4-1-3-20(15-23)6-13-28(36)34-25-16-24(18-31-19-25)33-27-12-9-22(17-32-27)21-7-10-26(11-8-21)35-14-2-5-29(35)37/h1,3-4,7-12,15-19H,2,5-6,13-14,30H2,(H,32,33)(H,34,36). The van der Waals surface area contributed by atoms with Crippen LogP contribution in [0.25, 0.3) is 11.1 Å². The van der Waals surface area contributed by atoms with E-state index in [4.69, 9.17) is 5.73 Å². The second-order valence-corrected chi connectivity index (χ2v) is 9.01. The van der Waals surface area contributed by atoms with E-state index >= 15 is 0 Å². The summed E-state index contributed by atoms with van der Waals surface area (Å²) in [5.74, 6) is 0.750. The van der Waals surface area contributed by atoms with Crippen LogP contribution in [0.15, 0.2) is 85.3 Å². The lowest BCUT2D eigenvalue weighted by atomic mass is 10.1. The number of amides is 2. The van der Waals surface area contributed by atoms with Gasteiger partial charge in [0.25, 0.3) is 0 Å². The topological polar surface area (TPSA) is 113 Å². The van der Waals surface area contributed by atoms with Crippen LogP contribution in [0.2, 0.25) is 0 Å². The van der Waals surface area contributed by atoms with Crippen LogP contribution < -0.4 is 21.3 Å². The third-order valence-corrected chi connectivity index (χ3v) is 6.24. The maximum atomic E-state index is 12.4. The van der Waals surface area contributed by atoms with Crippen molar-refractivity contribution in [3.05, 3.63) is 90.9 Å². The zero-order valence-corrected chi connectivity index (χ0v) is 20.4. The average molecular weight is 493 g/mol. The third-order valence-electron chi connectivity index (χ3n) is 6.24. The largest absolute Gasteiger partial charge is 0.399 e. The van der Waals surface area contributed by atoms with Crippen molar-refractivity contribution in [2.45, 2.75) is 25.7 Å². The molecule has 1 saturated heterocycles. The van der Waals surface area contributed by atoms with Gasteiger partial charge in [0.15, 0.2) is 0 Å². The molecule has 1 aliphatic heterocycles. The second kappa shape index (κ2) is 10.9. The van der Waals surface area contributed by atoms with Gasteiger partial charge in [0.1, 0.15) is 5.82 Å². The molecule has 1 fully saturated rings. The van der Waals surface area contributed by atoms with Crippen molar-refractivity contribution in [3.8, 4) is 11.1 Å². The summed E-state index contributed by atoms with van der Waals surface area (Å²) in [4.78, 5) is 34.9. The van der Waals surface area contributed by atoms with Crippen LogP contribution in [0.5, 0.6) is 0 Å². The van der Waals surface area contributed by atoms with Crippen LogP contribution in [0.3, 0.4) is 0 Å². The number of nitrogens with zero attached hydrogens (tertiary/aromatic N) is 3. The highest BCUT2D eigenvalue weighted by Gasteiger charge is 2.21. The summed E-state index contributed by atoms with van der Waals surface area (Å²) in [5.41, 5.74) is 11.8. The first-order valence-corrected chi connectivity index (χ1v) is 12.3. The van der Waals surface area contributed by atoms with E-state index < -0.39 is 0 Å². The fourth-order valence-electron chi connectivity index (χ4n) is 4.35. The minimum Gasteiger partial charge on any atom is -0.399 e. The molecule has 0 radical (unpaired) electrons. The van der Waals surface area contributed by atoms with Gasteiger partial charge in [0.2, 0.25) is 11.8 Å². The fourth-order valence-corrected chi connectivity index (χ4v) is 4.35. The number of hydrogen-bond acceptors (Lipinski definition) is 6. The molecule has 186 valence electrons. The number of aromatic nitrogens is 2. The maximum Gasteiger partial charge on any atom is 0.227 e. The lowest BCUT2D eigenvalue weighted by molar-refractivity contribution is -0.117. The van der Waals surface area contributed by atoms with Crippen LogP contribution in [0.1, 0.15) is 24.8 Å². The Labute approximate surface area is 215 Å². The number of benzene rings is 2. The first kappa shape index (κ1) is 24.0. The van der Waals surface area contributed by atoms with Gasteiger partial charge in [0.05, 0.1) is 23.8 Å². The van der Waals surface area contributed by atoms with Gasteiger partial charge in [-0.2, -0.15) is 0 Å². The fraction of sp³-hybridized carbons (Fsp3) is 0.172. The lowest BCUT2D eigenvalue weighted by Crippen LogP contribution is -2.23. The zero-order chi connectivity index (χ0) is 25.6. The van der Waals surface area contributed by atoms with Gasteiger partial charge >= 0.3 is 0 Å². The Bertz CT molecular complexity index is 1400. The number of nitrogens with one attached hydrogen (secondary N) is 2. The molecule has 0 bridgehead atoms. The van der Waals surface area contributed by atoms with E-state index in [1.807, 2.05) is 71.6 Å². The first-order chi connectivity index (χ1) is 18.0. The number of hydrogen-bond donors (Lipinski definition) is 3. The second-order valence-electron chi connectivity index (χ2n) is 9.01. The van der Waals surface area contributed by atoms with E-state index in [-0.39, 0.29) is 11.8 Å². The third kappa shape index (κ3) is 6.10. The van der Waals surface area contributed by atoms with Gasteiger partial charge in [0, 0.05) is 42.5 Å². The zero-order valence-electron chi connectivity index (χ0n) is 20.4. The quantitative estimate of drug-likeness (QED) is 0.293. The van der Waals surface area contributed by atoms with E-state index in [1.54, 1.807) is 18.6 Å². The predicted molar refractivity (Wildman–Crippen MR) is 147 cm³/mol. The van der Waals surface area contributed by atoms with Crippen molar-refractivity contribution in [2.24, 2.45) is 0 Å². The molecule has 0 spiro atoms. The molecule has 4 N–H and O–H groups in total. The Morgan fingerprint density at radius 2 is 1.76 bits per heavy atom. The minimum atomic E-state index is -0.0935. The van der Waals surface area contributed by atoms with Crippen LogP contribution >= 0.6 is 0 Å². The van der Waals surface area contributed by atoms with Gasteiger partial charge in [-0.25, -0.2) is 4.98 Å². The molecule has 0 atom stereocenters. The van der Waals surface area contributed by atoms with Crippen LogP contribution in [-0.2, 0) is 16.0 Å². The Balaban J connectivity index is 1.17. The van der Waals surface area contributed by atoms with Crippen LogP contribution in [0, 0.1) is 0 Å². The molecule has 1 aliphatic rings. The Kier molecular flexibility index (Phi) is 7.07. The highest BCUT2D eigenvalue weighted by molar-refractivity contribution is 5.95. The molecule has 4 aromatic rings. The smallest absolute Gasteiger partial charge is 0.227 e. The van der Waals surface area contributed by atoms with Crippen molar-refractivity contribution in [1.82, 2.24) is 9.97 Å². The molecule has 3 heterocycles. The maximum absolute atomic E-state index is 12.4. The molecule has 37 heavy (non-hydrogen) atoms. The number of rotatable bonds is 8. The Morgan fingerprint density at radius 3 is 2.49 bits per heavy atom. The molecule has 5 rings (SSSR count). The molecule has 2 amide bonds. The number of carbonyl (C=O) groups excluding carboxylic acids is 2. The highest BCUT2D eigenvalue weighted by atomic mass is 16.2. The summed E-state index contributed by atoms with van der Waals surface area (Å²) < 4.78 is 0. The summed E-state index contributed by atoms with van der Waals surface area (Å²) in [6.07, 6.45) is 7.57. The summed E-state index contributed by atoms with van der Waals surface area (Å²) in [6.45, 7) is 0.781. The summed E-state index contributed by atoms with van der Waals surface area (Å²) >= 11 is 0. The molecular weight excluding hydrogens is 464 g/mol. The monoisotopic (exact) mass is 492 g/mol. The number of aryl methyl sites for hydroxylation is 1. The van der Waals surface area contributed by atoms with Gasteiger partial charge in [-0.15, -0.1) is 0 Å². The number of nitrogens with two attached hydrogens (primary N) is 1. The van der Waals surface area contributed by atoms with E-state index in [0.717, 1.165) is 35.3 Å². The van der Waals surface area contributed by atoms with Crippen molar-refractivity contribution in [1.29, 1.82) is 0 Å². The van der Waals surface area contributed by atoms with Gasteiger partial charge in [-0.3, -0.25) is 14.6 Å². The van der Waals surface area contributed by atoms with Crippen LogP contribution in [0.4, 0.5) is 28.6 Å². The SMILES string of the molecule is Nc1cccc(CCC(=O)Nc2cncc(Nc3ccc(-c4ccc(N5CCCC5=O)cc4)cn3)c2)c1. The normalized spacial score (nSPS) is 13.0. The van der Waals surface area contributed by atoms with Crippen molar-refractivity contribution < 1.29 is 9.59 Å². The summed E-state index contributed by atoms with van der Waals surface area (Å²) in [5, 5.41) is 6.12. The Hall–Kier alpha value is -4.72. The molecule has 2 aromatic carbocycles. The molecule has 2 aromatic heterocycles. The van der Waals surface area contributed by atoms with Gasteiger partial charge < -0.3 is 21.3 Å². The Morgan fingerprint density at radius 1 is 0.946 bits per heavy atom. The van der Waals surface area contributed by atoms with Crippen molar-refractivity contribution >= 4 is 40.4 Å². The summed E-state index contributed by atoms with van der Waals surface area (Å²) in [6, 6.07) is 21.2. The van der Waals surface area contributed by atoms with Gasteiger partial charge in [-0.05, 0) is 66.4 Å². The average Bonchev–Trinajstić information content (AvgIpc) is 3.34. The molecule has 0 saturated carbocycles. The van der Waals surface area contributed by atoms with Gasteiger partial charge in [-0.1, -0.05) is 24.3 Å². The van der Waals surface area contributed by atoms with E-state index in [0.29, 0.717) is 42.1 Å². The predicted octanol–water partition coefficient (Wildman–Crippen LogP) is 5.17. The molecule has 8 nitrogen and oxygen atoms in total. The minimum absolute atomic E-state index is 0.0935.